The van der Waals surface area contributed by atoms with Gasteiger partial charge in [0.15, 0.2) is 6.29 Å². The standard InChI is InChI=1S/C14H13N3O3/c1-9-13(8-18)14(17(2)16-9)20-12-5-10(7-15)4-11(6-12)19-3/h4-6,8H,1-3H3. The number of nitriles is 1. The zero-order chi connectivity index (χ0) is 14.7. The molecule has 1 aromatic heterocycles. The molecule has 0 aliphatic rings. The second kappa shape index (κ2) is 5.45. The lowest BCUT2D eigenvalue weighted by Crippen LogP contribution is -1.97. The average Bonchev–Trinajstić information content (AvgIpc) is 2.72. The van der Waals surface area contributed by atoms with Crippen molar-refractivity contribution >= 4 is 6.29 Å². The maximum atomic E-state index is 11.1. The van der Waals surface area contributed by atoms with Crippen LogP contribution < -0.4 is 9.47 Å². The van der Waals surface area contributed by atoms with Gasteiger partial charge in [0.2, 0.25) is 5.88 Å². The average molecular weight is 271 g/mol. The Labute approximate surface area is 116 Å². The van der Waals surface area contributed by atoms with Crippen LogP contribution >= 0.6 is 0 Å². The maximum Gasteiger partial charge on any atom is 0.228 e. The number of carbonyl (C=O) groups excluding carboxylic acids is 1. The van der Waals surface area contributed by atoms with Gasteiger partial charge in [-0.25, -0.2) is 4.68 Å². The molecule has 0 radical (unpaired) electrons. The lowest BCUT2D eigenvalue weighted by Gasteiger charge is -2.08. The van der Waals surface area contributed by atoms with Crippen LogP contribution in [0, 0.1) is 18.3 Å². The van der Waals surface area contributed by atoms with E-state index in [0.29, 0.717) is 40.5 Å². The van der Waals surface area contributed by atoms with Gasteiger partial charge in [0.05, 0.1) is 30.0 Å². The van der Waals surface area contributed by atoms with Crippen LogP contribution in [0.5, 0.6) is 17.4 Å². The van der Waals surface area contributed by atoms with E-state index in [4.69, 9.17) is 14.7 Å². The number of nitrogens with zero attached hydrogens (tertiary/aromatic N) is 3. The Kier molecular flexibility index (Phi) is 3.71. The lowest BCUT2D eigenvalue weighted by molar-refractivity contribution is 0.112. The first kappa shape index (κ1) is 13.6. The quantitative estimate of drug-likeness (QED) is 0.797. The summed E-state index contributed by atoms with van der Waals surface area (Å²) >= 11 is 0. The molecule has 102 valence electrons. The van der Waals surface area contributed by atoms with Crippen molar-refractivity contribution in [2.75, 3.05) is 7.11 Å². The molecular formula is C14H13N3O3. The number of aromatic nitrogens is 2. The van der Waals surface area contributed by atoms with Crippen molar-refractivity contribution in [2.45, 2.75) is 6.92 Å². The largest absolute Gasteiger partial charge is 0.497 e. The molecule has 0 saturated heterocycles. The van der Waals surface area contributed by atoms with Crippen LogP contribution in [0.1, 0.15) is 21.6 Å². The highest BCUT2D eigenvalue weighted by molar-refractivity contribution is 5.80. The number of aryl methyl sites for hydroxylation is 2. The summed E-state index contributed by atoms with van der Waals surface area (Å²) < 4.78 is 12.3. The van der Waals surface area contributed by atoms with Crippen LogP contribution in [0.3, 0.4) is 0 Å². The van der Waals surface area contributed by atoms with E-state index < -0.39 is 0 Å². The summed E-state index contributed by atoms with van der Waals surface area (Å²) in [6, 6.07) is 6.83. The van der Waals surface area contributed by atoms with Crippen LogP contribution in [-0.4, -0.2) is 23.2 Å². The highest BCUT2D eigenvalue weighted by Gasteiger charge is 2.15. The van der Waals surface area contributed by atoms with E-state index in [2.05, 4.69) is 5.10 Å². The molecule has 0 saturated carbocycles. The molecule has 1 heterocycles. The summed E-state index contributed by atoms with van der Waals surface area (Å²) in [7, 11) is 3.19. The second-order valence-electron chi connectivity index (χ2n) is 4.16. The fourth-order valence-corrected chi connectivity index (χ4v) is 1.83. The molecule has 0 fully saturated rings. The number of rotatable bonds is 4. The molecule has 2 rings (SSSR count). The van der Waals surface area contributed by atoms with Crippen molar-refractivity contribution in [3.63, 3.8) is 0 Å². The Bertz CT molecular complexity index is 698. The highest BCUT2D eigenvalue weighted by atomic mass is 16.5. The smallest absolute Gasteiger partial charge is 0.228 e. The molecule has 0 aliphatic carbocycles. The predicted octanol–water partition coefficient (Wildman–Crippen LogP) is 2.21. The van der Waals surface area contributed by atoms with Crippen molar-refractivity contribution < 1.29 is 14.3 Å². The topological polar surface area (TPSA) is 77.1 Å². The van der Waals surface area contributed by atoms with Gasteiger partial charge in [0, 0.05) is 13.1 Å². The molecule has 6 heteroatoms. The van der Waals surface area contributed by atoms with Gasteiger partial charge in [0.1, 0.15) is 11.5 Å². The van der Waals surface area contributed by atoms with Crippen LogP contribution in [0.25, 0.3) is 0 Å². The van der Waals surface area contributed by atoms with Crippen molar-refractivity contribution in [1.29, 1.82) is 5.26 Å². The van der Waals surface area contributed by atoms with E-state index in [0.717, 1.165) is 0 Å². The molecule has 20 heavy (non-hydrogen) atoms. The number of benzene rings is 1. The maximum absolute atomic E-state index is 11.1. The fraction of sp³-hybridized carbons (Fsp3) is 0.214. The summed E-state index contributed by atoms with van der Waals surface area (Å²) in [6.45, 7) is 1.73. The fourth-order valence-electron chi connectivity index (χ4n) is 1.83. The molecule has 1 aromatic carbocycles. The van der Waals surface area contributed by atoms with Gasteiger partial charge in [-0.15, -0.1) is 0 Å². The molecule has 0 aliphatic heterocycles. The lowest BCUT2D eigenvalue weighted by atomic mass is 10.2. The molecule has 6 nitrogen and oxygen atoms in total. The van der Waals surface area contributed by atoms with E-state index in [1.54, 1.807) is 32.2 Å². The van der Waals surface area contributed by atoms with E-state index in [1.807, 2.05) is 6.07 Å². The summed E-state index contributed by atoms with van der Waals surface area (Å²) in [5.41, 5.74) is 1.38. The minimum Gasteiger partial charge on any atom is -0.497 e. The van der Waals surface area contributed by atoms with E-state index in [1.165, 1.54) is 11.8 Å². The SMILES string of the molecule is COc1cc(C#N)cc(Oc2c(C=O)c(C)nn2C)c1. The normalized spacial score (nSPS) is 9.90. The zero-order valence-electron chi connectivity index (χ0n) is 11.4. The number of ether oxygens (including phenoxy) is 2. The Hall–Kier alpha value is -2.81. The molecule has 2 aromatic rings. The Morgan fingerprint density at radius 3 is 2.65 bits per heavy atom. The van der Waals surface area contributed by atoms with Gasteiger partial charge in [-0.2, -0.15) is 10.4 Å². The summed E-state index contributed by atoms with van der Waals surface area (Å²) in [4.78, 5) is 11.1. The summed E-state index contributed by atoms with van der Waals surface area (Å²) in [6.07, 6.45) is 0.697. The number of hydrogen-bond donors (Lipinski definition) is 0. The summed E-state index contributed by atoms with van der Waals surface area (Å²) in [5, 5.41) is 13.1. The number of aldehydes is 1. The first-order valence-electron chi connectivity index (χ1n) is 5.85. The van der Waals surface area contributed by atoms with Crippen LogP contribution in [-0.2, 0) is 7.05 Å². The zero-order valence-corrected chi connectivity index (χ0v) is 11.4. The molecule has 0 bridgehead atoms. The minimum absolute atomic E-state index is 0.328. The van der Waals surface area contributed by atoms with Gasteiger partial charge in [0.25, 0.3) is 0 Å². The molecule has 0 unspecified atom stereocenters. The second-order valence-corrected chi connectivity index (χ2v) is 4.16. The monoisotopic (exact) mass is 271 g/mol. The van der Waals surface area contributed by atoms with Gasteiger partial charge >= 0.3 is 0 Å². The summed E-state index contributed by atoms with van der Waals surface area (Å²) in [5.74, 6) is 1.24. The highest BCUT2D eigenvalue weighted by Crippen LogP contribution is 2.29. The van der Waals surface area contributed by atoms with Crippen LogP contribution in [0.15, 0.2) is 18.2 Å². The molecule has 0 spiro atoms. The number of carbonyl (C=O) groups is 1. The van der Waals surface area contributed by atoms with Crippen molar-refractivity contribution in [3.05, 3.63) is 35.0 Å². The van der Waals surface area contributed by atoms with Crippen LogP contribution in [0.2, 0.25) is 0 Å². The molecular weight excluding hydrogens is 258 g/mol. The van der Waals surface area contributed by atoms with Gasteiger partial charge in [-0.05, 0) is 19.1 Å². The molecule has 0 N–H and O–H groups in total. The van der Waals surface area contributed by atoms with E-state index in [9.17, 15) is 4.79 Å². The third-order valence-electron chi connectivity index (χ3n) is 2.79. The van der Waals surface area contributed by atoms with Crippen molar-refractivity contribution in [1.82, 2.24) is 9.78 Å². The first-order valence-corrected chi connectivity index (χ1v) is 5.85. The van der Waals surface area contributed by atoms with Crippen molar-refractivity contribution in [2.24, 2.45) is 7.05 Å². The van der Waals surface area contributed by atoms with Crippen molar-refractivity contribution in [3.8, 4) is 23.4 Å². The van der Waals surface area contributed by atoms with Gasteiger partial charge < -0.3 is 9.47 Å². The molecule has 0 atom stereocenters. The number of hydrogen-bond acceptors (Lipinski definition) is 5. The van der Waals surface area contributed by atoms with Gasteiger partial charge in [-0.3, -0.25) is 4.79 Å². The first-order chi connectivity index (χ1) is 9.58. The number of methoxy groups -OCH3 is 1. The molecule has 0 amide bonds. The Morgan fingerprint density at radius 1 is 1.35 bits per heavy atom. The van der Waals surface area contributed by atoms with E-state index in [-0.39, 0.29) is 0 Å². The van der Waals surface area contributed by atoms with E-state index >= 15 is 0 Å². The predicted molar refractivity (Wildman–Crippen MR) is 71.1 cm³/mol. The van der Waals surface area contributed by atoms with Crippen LogP contribution in [0.4, 0.5) is 0 Å². The third-order valence-corrected chi connectivity index (χ3v) is 2.79. The third kappa shape index (κ3) is 2.47. The van der Waals surface area contributed by atoms with Gasteiger partial charge in [-0.1, -0.05) is 0 Å². The minimum atomic E-state index is 0.328. The Balaban J connectivity index is 2.45. The Morgan fingerprint density at radius 2 is 2.05 bits per heavy atom.